The normalized spacial score (nSPS) is 12.0. The first-order chi connectivity index (χ1) is 10.0. The van der Waals surface area contributed by atoms with Gasteiger partial charge in [-0.1, -0.05) is 18.2 Å². The first-order valence-electron chi connectivity index (χ1n) is 6.52. The van der Waals surface area contributed by atoms with Crippen molar-refractivity contribution in [3.05, 3.63) is 57.8 Å². The molecule has 0 saturated heterocycles. The van der Waals surface area contributed by atoms with Crippen molar-refractivity contribution in [2.24, 2.45) is 5.73 Å². The molecular formula is C16H17BrFNO2. The van der Waals surface area contributed by atoms with Crippen LogP contribution in [-0.2, 0) is 6.61 Å². The number of hydrogen-bond donors (Lipinski definition) is 1. The summed E-state index contributed by atoms with van der Waals surface area (Å²) in [6.45, 7) is 2.14. The summed E-state index contributed by atoms with van der Waals surface area (Å²) < 4.78 is 24.9. The van der Waals surface area contributed by atoms with Crippen LogP contribution in [0.5, 0.6) is 11.5 Å². The van der Waals surface area contributed by atoms with E-state index in [1.807, 2.05) is 25.1 Å². The Hall–Kier alpha value is -1.59. The van der Waals surface area contributed by atoms with Crippen LogP contribution in [0.4, 0.5) is 4.39 Å². The number of rotatable bonds is 5. The van der Waals surface area contributed by atoms with Crippen LogP contribution in [0.2, 0.25) is 0 Å². The van der Waals surface area contributed by atoms with Gasteiger partial charge >= 0.3 is 0 Å². The van der Waals surface area contributed by atoms with Crippen LogP contribution in [0.3, 0.4) is 0 Å². The van der Waals surface area contributed by atoms with Crippen molar-refractivity contribution in [1.29, 1.82) is 0 Å². The molecule has 3 nitrogen and oxygen atoms in total. The Morgan fingerprint density at radius 2 is 2.00 bits per heavy atom. The van der Waals surface area contributed by atoms with Crippen LogP contribution >= 0.6 is 15.9 Å². The average Bonchev–Trinajstić information content (AvgIpc) is 2.48. The Kier molecular flexibility index (Phi) is 5.20. The van der Waals surface area contributed by atoms with E-state index in [0.29, 0.717) is 16.0 Å². The first kappa shape index (κ1) is 15.8. The van der Waals surface area contributed by atoms with Crippen molar-refractivity contribution < 1.29 is 13.9 Å². The van der Waals surface area contributed by atoms with E-state index in [4.69, 9.17) is 15.2 Å². The van der Waals surface area contributed by atoms with Crippen LogP contribution in [0.25, 0.3) is 0 Å². The molecule has 5 heteroatoms. The molecule has 0 saturated carbocycles. The Bertz CT molecular complexity index is 632. The SMILES string of the molecule is COc1cc([C@@H](C)N)ccc1OCc1cccc(F)c1Br. The highest BCUT2D eigenvalue weighted by molar-refractivity contribution is 9.10. The topological polar surface area (TPSA) is 44.5 Å². The van der Waals surface area contributed by atoms with Gasteiger partial charge in [-0.3, -0.25) is 0 Å². The van der Waals surface area contributed by atoms with Crippen LogP contribution in [0.15, 0.2) is 40.9 Å². The minimum atomic E-state index is -0.310. The standard InChI is InChI=1S/C16H17BrFNO2/c1-10(19)11-6-7-14(15(8-11)20-2)21-9-12-4-3-5-13(18)16(12)17/h3-8,10H,9,19H2,1-2H3/t10-/m1/s1. The summed E-state index contributed by atoms with van der Waals surface area (Å²) in [6, 6.07) is 10.3. The predicted molar refractivity (Wildman–Crippen MR) is 84.0 cm³/mol. The molecule has 1 atom stereocenters. The average molecular weight is 354 g/mol. The van der Waals surface area contributed by atoms with Gasteiger partial charge in [0.1, 0.15) is 12.4 Å². The van der Waals surface area contributed by atoms with E-state index in [1.165, 1.54) is 6.07 Å². The van der Waals surface area contributed by atoms with Crippen molar-refractivity contribution in [2.75, 3.05) is 7.11 Å². The van der Waals surface area contributed by atoms with Gasteiger partial charge in [0.05, 0.1) is 11.6 Å². The summed E-state index contributed by atoms with van der Waals surface area (Å²) in [6.07, 6.45) is 0. The van der Waals surface area contributed by atoms with E-state index in [-0.39, 0.29) is 18.5 Å². The van der Waals surface area contributed by atoms with Crippen molar-refractivity contribution in [1.82, 2.24) is 0 Å². The van der Waals surface area contributed by atoms with Gasteiger partial charge in [-0.25, -0.2) is 4.39 Å². The molecule has 0 radical (unpaired) electrons. The molecule has 0 aliphatic rings. The molecule has 0 bridgehead atoms. The number of ether oxygens (including phenoxy) is 2. The summed E-state index contributed by atoms with van der Waals surface area (Å²) in [5.74, 6) is 0.894. The van der Waals surface area contributed by atoms with Crippen molar-refractivity contribution in [2.45, 2.75) is 19.6 Å². The molecule has 2 aromatic carbocycles. The third-order valence-corrected chi connectivity index (χ3v) is 4.02. The van der Waals surface area contributed by atoms with Gasteiger partial charge in [-0.2, -0.15) is 0 Å². The monoisotopic (exact) mass is 353 g/mol. The molecule has 0 aliphatic heterocycles. The Labute approximate surface area is 132 Å². The zero-order chi connectivity index (χ0) is 15.4. The second-order valence-electron chi connectivity index (χ2n) is 4.70. The Morgan fingerprint density at radius 1 is 1.24 bits per heavy atom. The molecule has 0 aromatic heterocycles. The summed E-state index contributed by atoms with van der Waals surface area (Å²) in [7, 11) is 1.57. The van der Waals surface area contributed by atoms with Crippen molar-refractivity contribution in [3.8, 4) is 11.5 Å². The summed E-state index contributed by atoms with van der Waals surface area (Å²) in [4.78, 5) is 0. The third-order valence-electron chi connectivity index (χ3n) is 3.13. The number of hydrogen-bond acceptors (Lipinski definition) is 3. The Balaban J connectivity index is 2.18. The predicted octanol–water partition coefficient (Wildman–Crippen LogP) is 4.20. The molecule has 2 aromatic rings. The van der Waals surface area contributed by atoms with E-state index in [0.717, 1.165) is 11.1 Å². The zero-order valence-corrected chi connectivity index (χ0v) is 13.5. The summed E-state index contributed by atoms with van der Waals surface area (Å²) in [5.41, 5.74) is 7.54. The maximum Gasteiger partial charge on any atom is 0.161 e. The van der Waals surface area contributed by atoms with E-state index in [2.05, 4.69) is 15.9 Å². The largest absolute Gasteiger partial charge is 0.493 e. The Morgan fingerprint density at radius 3 is 2.67 bits per heavy atom. The molecule has 21 heavy (non-hydrogen) atoms. The maximum absolute atomic E-state index is 13.5. The molecule has 0 fully saturated rings. The third kappa shape index (κ3) is 3.74. The molecule has 0 heterocycles. The zero-order valence-electron chi connectivity index (χ0n) is 11.9. The second-order valence-corrected chi connectivity index (χ2v) is 5.49. The molecule has 0 amide bonds. The highest BCUT2D eigenvalue weighted by atomic mass is 79.9. The molecule has 2 N–H and O–H groups in total. The van der Waals surface area contributed by atoms with E-state index in [9.17, 15) is 4.39 Å². The van der Waals surface area contributed by atoms with E-state index >= 15 is 0 Å². The highest BCUT2D eigenvalue weighted by Crippen LogP contribution is 2.31. The quantitative estimate of drug-likeness (QED) is 0.876. The summed E-state index contributed by atoms with van der Waals surface area (Å²) in [5, 5.41) is 0. The smallest absolute Gasteiger partial charge is 0.161 e. The lowest BCUT2D eigenvalue weighted by Crippen LogP contribution is -2.06. The molecule has 0 aliphatic carbocycles. The minimum absolute atomic E-state index is 0.0784. The molecule has 2 rings (SSSR count). The minimum Gasteiger partial charge on any atom is -0.493 e. The van der Waals surface area contributed by atoms with Gasteiger partial charge in [0.2, 0.25) is 0 Å². The first-order valence-corrected chi connectivity index (χ1v) is 7.31. The van der Waals surface area contributed by atoms with Gasteiger partial charge in [0.15, 0.2) is 11.5 Å². The van der Waals surface area contributed by atoms with E-state index < -0.39 is 0 Å². The van der Waals surface area contributed by atoms with Gasteiger partial charge in [0, 0.05) is 11.6 Å². The molecule has 112 valence electrons. The van der Waals surface area contributed by atoms with Crippen LogP contribution in [0, 0.1) is 5.82 Å². The fourth-order valence-electron chi connectivity index (χ4n) is 1.90. The lowest BCUT2D eigenvalue weighted by Gasteiger charge is -2.14. The van der Waals surface area contributed by atoms with Crippen molar-refractivity contribution in [3.63, 3.8) is 0 Å². The number of halogens is 2. The molecule has 0 spiro atoms. The van der Waals surface area contributed by atoms with Crippen LogP contribution < -0.4 is 15.2 Å². The summed E-state index contributed by atoms with van der Waals surface area (Å²) >= 11 is 3.22. The lowest BCUT2D eigenvalue weighted by molar-refractivity contribution is 0.283. The fourth-order valence-corrected chi connectivity index (χ4v) is 2.28. The van der Waals surface area contributed by atoms with Gasteiger partial charge in [-0.15, -0.1) is 0 Å². The van der Waals surface area contributed by atoms with Gasteiger partial charge in [0.25, 0.3) is 0 Å². The van der Waals surface area contributed by atoms with Gasteiger partial charge < -0.3 is 15.2 Å². The van der Waals surface area contributed by atoms with Crippen LogP contribution in [0.1, 0.15) is 24.1 Å². The highest BCUT2D eigenvalue weighted by Gasteiger charge is 2.10. The van der Waals surface area contributed by atoms with Gasteiger partial charge in [-0.05, 0) is 46.6 Å². The maximum atomic E-state index is 13.5. The molecule has 0 unspecified atom stereocenters. The number of methoxy groups -OCH3 is 1. The van der Waals surface area contributed by atoms with Crippen molar-refractivity contribution >= 4 is 15.9 Å². The van der Waals surface area contributed by atoms with Crippen LogP contribution in [-0.4, -0.2) is 7.11 Å². The lowest BCUT2D eigenvalue weighted by atomic mass is 10.1. The van der Waals surface area contributed by atoms with E-state index in [1.54, 1.807) is 19.2 Å². The number of nitrogens with two attached hydrogens (primary N) is 1. The second kappa shape index (κ2) is 6.91. The fraction of sp³-hybridized carbons (Fsp3) is 0.250. The molecular weight excluding hydrogens is 337 g/mol. The number of benzene rings is 2.